The number of carbonyl (C=O) groups is 1. The van der Waals surface area contributed by atoms with Crippen molar-refractivity contribution in [2.24, 2.45) is 5.92 Å². The first-order valence-corrected chi connectivity index (χ1v) is 6.79. The van der Waals surface area contributed by atoms with Crippen LogP contribution in [0.3, 0.4) is 0 Å². The first kappa shape index (κ1) is 12.2. The Morgan fingerprint density at radius 2 is 1.82 bits per heavy atom. The predicted octanol–water partition coefficient (Wildman–Crippen LogP) is 4.16. The largest absolute Gasteiger partial charge is 0.298 e. The predicted molar refractivity (Wildman–Crippen MR) is 74.5 cm³/mol. The summed E-state index contributed by atoms with van der Waals surface area (Å²) in [5.41, 5.74) is 0. The second kappa shape index (κ2) is 5.37. The number of benzene rings is 2. The highest BCUT2D eigenvalue weighted by molar-refractivity contribution is 8.00. The smallest absolute Gasteiger partial charge is 0.145 e. The maximum absolute atomic E-state index is 11.6. The lowest BCUT2D eigenvalue weighted by Gasteiger charge is -2.05. The molecule has 88 valence electrons. The molecule has 2 aromatic carbocycles. The summed E-state index contributed by atoms with van der Waals surface area (Å²) >= 11 is 1.62. The number of Topliss-reactive ketones (excluding diaryl/α,β-unsaturated/α-hetero) is 1. The van der Waals surface area contributed by atoms with Crippen LogP contribution >= 0.6 is 11.8 Å². The first-order chi connectivity index (χ1) is 8.16. The summed E-state index contributed by atoms with van der Waals surface area (Å²) in [6, 6.07) is 14.6. The molecule has 0 radical (unpaired) electrons. The zero-order chi connectivity index (χ0) is 12.3. The number of thioether (sulfide) groups is 1. The van der Waals surface area contributed by atoms with E-state index in [0.717, 1.165) is 4.90 Å². The molecule has 0 aromatic heterocycles. The summed E-state index contributed by atoms with van der Waals surface area (Å²) < 4.78 is 0. The minimum Gasteiger partial charge on any atom is -0.298 e. The fraction of sp³-hybridized carbons (Fsp3) is 0.267. The van der Waals surface area contributed by atoms with Crippen LogP contribution in [0.4, 0.5) is 0 Å². The fourth-order valence-electron chi connectivity index (χ4n) is 1.58. The Hall–Kier alpha value is -1.28. The lowest BCUT2D eigenvalue weighted by atomic mass is 10.1. The number of hydrogen-bond donors (Lipinski definition) is 0. The van der Waals surface area contributed by atoms with Gasteiger partial charge in [-0.15, -0.1) is 11.8 Å². The molecular weight excluding hydrogens is 228 g/mol. The summed E-state index contributed by atoms with van der Waals surface area (Å²) in [6.07, 6.45) is 0. The van der Waals surface area contributed by atoms with E-state index in [0.29, 0.717) is 11.5 Å². The van der Waals surface area contributed by atoms with Gasteiger partial charge < -0.3 is 0 Å². The third-order valence-electron chi connectivity index (χ3n) is 2.75. The zero-order valence-corrected chi connectivity index (χ0v) is 11.0. The topological polar surface area (TPSA) is 17.1 Å². The molecule has 2 rings (SSSR count). The van der Waals surface area contributed by atoms with E-state index in [9.17, 15) is 4.79 Å². The number of hydrogen-bond acceptors (Lipinski definition) is 2. The molecule has 0 bridgehead atoms. The van der Waals surface area contributed by atoms with Crippen LogP contribution < -0.4 is 0 Å². The van der Waals surface area contributed by atoms with Crippen molar-refractivity contribution in [2.45, 2.75) is 18.7 Å². The summed E-state index contributed by atoms with van der Waals surface area (Å²) in [6.45, 7) is 3.90. The highest BCUT2D eigenvalue weighted by atomic mass is 32.2. The van der Waals surface area contributed by atoms with Gasteiger partial charge in [0, 0.05) is 10.8 Å². The summed E-state index contributed by atoms with van der Waals surface area (Å²) in [5.74, 6) is 1.00. The number of fused-ring (bicyclic) bond motifs is 1. The van der Waals surface area contributed by atoms with Crippen molar-refractivity contribution in [3.8, 4) is 0 Å². The molecule has 0 spiro atoms. The zero-order valence-electron chi connectivity index (χ0n) is 10.1. The van der Waals surface area contributed by atoms with E-state index in [-0.39, 0.29) is 5.92 Å². The molecule has 0 heterocycles. The van der Waals surface area contributed by atoms with Crippen molar-refractivity contribution in [3.63, 3.8) is 0 Å². The maximum Gasteiger partial charge on any atom is 0.145 e. The van der Waals surface area contributed by atoms with E-state index < -0.39 is 0 Å². The van der Waals surface area contributed by atoms with Crippen molar-refractivity contribution in [1.29, 1.82) is 0 Å². The normalized spacial score (nSPS) is 11.0. The highest BCUT2D eigenvalue weighted by Gasteiger charge is 2.07. The van der Waals surface area contributed by atoms with Crippen molar-refractivity contribution in [1.82, 2.24) is 0 Å². The molecule has 2 aromatic rings. The second-order valence-corrected chi connectivity index (χ2v) is 5.47. The first-order valence-electron chi connectivity index (χ1n) is 5.81. The molecule has 0 saturated heterocycles. The Morgan fingerprint density at radius 1 is 1.12 bits per heavy atom. The van der Waals surface area contributed by atoms with E-state index in [4.69, 9.17) is 0 Å². The third-order valence-corrected chi connectivity index (χ3v) is 3.76. The Kier molecular flexibility index (Phi) is 3.85. The van der Waals surface area contributed by atoms with Gasteiger partial charge in [0.25, 0.3) is 0 Å². The van der Waals surface area contributed by atoms with Gasteiger partial charge in [0.1, 0.15) is 5.78 Å². The average Bonchev–Trinajstić information content (AvgIpc) is 2.35. The fourth-order valence-corrected chi connectivity index (χ4v) is 2.60. The SMILES string of the molecule is CC(C)C(=O)CSc1ccc2ccccc2c1. The molecular formula is C15H16OS. The molecule has 0 fully saturated rings. The van der Waals surface area contributed by atoms with Gasteiger partial charge in [-0.1, -0.05) is 44.2 Å². The summed E-state index contributed by atoms with van der Waals surface area (Å²) in [5, 5.41) is 2.47. The molecule has 1 nitrogen and oxygen atoms in total. The lowest BCUT2D eigenvalue weighted by molar-refractivity contribution is -0.119. The van der Waals surface area contributed by atoms with Gasteiger partial charge in [0.2, 0.25) is 0 Å². The average molecular weight is 244 g/mol. The highest BCUT2D eigenvalue weighted by Crippen LogP contribution is 2.24. The number of rotatable bonds is 4. The van der Waals surface area contributed by atoms with E-state index in [1.165, 1.54) is 10.8 Å². The van der Waals surface area contributed by atoms with Crippen LogP contribution in [-0.4, -0.2) is 11.5 Å². The van der Waals surface area contributed by atoms with E-state index in [1.807, 2.05) is 26.0 Å². The molecule has 0 N–H and O–H groups in total. The van der Waals surface area contributed by atoms with Crippen molar-refractivity contribution in [3.05, 3.63) is 42.5 Å². The molecule has 17 heavy (non-hydrogen) atoms. The van der Waals surface area contributed by atoms with E-state index in [2.05, 4.69) is 30.3 Å². The second-order valence-electron chi connectivity index (χ2n) is 4.42. The Balaban J connectivity index is 2.12. The molecule has 0 saturated carbocycles. The molecule has 2 heteroatoms. The van der Waals surface area contributed by atoms with Crippen molar-refractivity contribution in [2.75, 3.05) is 5.75 Å². The van der Waals surface area contributed by atoms with Gasteiger partial charge in [0.15, 0.2) is 0 Å². The van der Waals surface area contributed by atoms with E-state index >= 15 is 0 Å². The van der Waals surface area contributed by atoms with Crippen LogP contribution in [-0.2, 0) is 4.79 Å². The van der Waals surface area contributed by atoms with Crippen LogP contribution in [0.5, 0.6) is 0 Å². The number of ketones is 1. The minimum atomic E-state index is 0.128. The molecule has 0 aliphatic carbocycles. The summed E-state index contributed by atoms with van der Waals surface area (Å²) in [4.78, 5) is 12.7. The number of carbonyl (C=O) groups excluding carboxylic acids is 1. The van der Waals surface area contributed by atoms with Crippen LogP contribution in [0.25, 0.3) is 10.8 Å². The van der Waals surface area contributed by atoms with Crippen LogP contribution in [0.1, 0.15) is 13.8 Å². The van der Waals surface area contributed by atoms with Gasteiger partial charge >= 0.3 is 0 Å². The molecule has 0 aliphatic rings. The quantitative estimate of drug-likeness (QED) is 0.751. The standard InChI is InChI=1S/C15H16OS/c1-11(2)15(16)10-17-14-8-7-12-5-3-4-6-13(12)9-14/h3-9,11H,10H2,1-2H3. The Labute approximate surface area is 106 Å². The van der Waals surface area contributed by atoms with Crippen LogP contribution in [0.2, 0.25) is 0 Å². The molecule has 0 atom stereocenters. The maximum atomic E-state index is 11.6. The summed E-state index contributed by atoms with van der Waals surface area (Å²) in [7, 11) is 0. The molecule has 0 unspecified atom stereocenters. The molecule has 0 amide bonds. The Morgan fingerprint density at radius 3 is 2.53 bits per heavy atom. The lowest BCUT2D eigenvalue weighted by Crippen LogP contribution is -2.09. The Bertz CT molecular complexity index is 531. The van der Waals surface area contributed by atoms with Gasteiger partial charge in [-0.05, 0) is 22.9 Å². The monoisotopic (exact) mass is 244 g/mol. The van der Waals surface area contributed by atoms with Gasteiger partial charge in [0.05, 0.1) is 5.75 Å². The minimum absolute atomic E-state index is 0.128. The van der Waals surface area contributed by atoms with Crippen molar-refractivity contribution < 1.29 is 4.79 Å². The van der Waals surface area contributed by atoms with Crippen LogP contribution in [0, 0.1) is 5.92 Å². The van der Waals surface area contributed by atoms with Gasteiger partial charge in [-0.3, -0.25) is 4.79 Å². The van der Waals surface area contributed by atoms with E-state index in [1.54, 1.807) is 11.8 Å². The molecule has 0 aliphatic heterocycles. The third kappa shape index (κ3) is 3.10. The van der Waals surface area contributed by atoms with Crippen LogP contribution in [0.15, 0.2) is 47.4 Å². The van der Waals surface area contributed by atoms with Gasteiger partial charge in [-0.25, -0.2) is 0 Å². The van der Waals surface area contributed by atoms with Gasteiger partial charge in [-0.2, -0.15) is 0 Å². The van der Waals surface area contributed by atoms with Crippen molar-refractivity contribution >= 4 is 28.3 Å².